The van der Waals surface area contributed by atoms with Gasteiger partial charge in [-0.05, 0) is 19.1 Å². The average molecular weight is 399 g/mol. The number of guanidine groups is 1. The summed E-state index contributed by atoms with van der Waals surface area (Å²) in [5.41, 5.74) is 1.93. The molecule has 4 heterocycles. The SMILES string of the molecule is CCNC(=NCc1cn2ccccc2n1)N1CCN(c2nc(CC)ns2)CC1. The summed E-state index contributed by atoms with van der Waals surface area (Å²) in [4.78, 5) is 18.7. The molecule has 0 aromatic carbocycles. The van der Waals surface area contributed by atoms with Crippen LogP contribution in [0.3, 0.4) is 0 Å². The van der Waals surface area contributed by atoms with Crippen LogP contribution in [0.2, 0.25) is 0 Å². The zero-order valence-corrected chi connectivity index (χ0v) is 17.2. The molecule has 0 aliphatic carbocycles. The highest BCUT2D eigenvalue weighted by Gasteiger charge is 2.22. The largest absolute Gasteiger partial charge is 0.357 e. The predicted molar refractivity (Wildman–Crippen MR) is 113 cm³/mol. The molecular formula is C19H26N8S. The number of nitrogens with zero attached hydrogens (tertiary/aromatic N) is 7. The molecule has 0 radical (unpaired) electrons. The van der Waals surface area contributed by atoms with E-state index in [0.29, 0.717) is 6.54 Å². The fourth-order valence-corrected chi connectivity index (χ4v) is 4.07. The van der Waals surface area contributed by atoms with Crippen molar-refractivity contribution in [2.24, 2.45) is 4.99 Å². The molecule has 148 valence electrons. The van der Waals surface area contributed by atoms with Crippen LogP contribution in [0, 0.1) is 0 Å². The maximum absolute atomic E-state index is 4.83. The number of hydrogen-bond donors (Lipinski definition) is 1. The number of piperazine rings is 1. The molecule has 0 saturated carbocycles. The monoisotopic (exact) mass is 398 g/mol. The van der Waals surface area contributed by atoms with Crippen molar-refractivity contribution in [2.75, 3.05) is 37.6 Å². The number of fused-ring (bicyclic) bond motifs is 1. The van der Waals surface area contributed by atoms with Gasteiger partial charge in [-0.2, -0.15) is 4.37 Å². The molecule has 1 saturated heterocycles. The molecule has 0 bridgehead atoms. The van der Waals surface area contributed by atoms with Crippen LogP contribution in [-0.2, 0) is 13.0 Å². The van der Waals surface area contributed by atoms with Crippen LogP contribution in [0.25, 0.3) is 5.65 Å². The topological polar surface area (TPSA) is 74.0 Å². The van der Waals surface area contributed by atoms with Gasteiger partial charge >= 0.3 is 0 Å². The fourth-order valence-electron chi connectivity index (χ4n) is 3.27. The van der Waals surface area contributed by atoms with Gasteiger partial charge in [0.25, 0.3) is 0 Å². The van der Waals surface area contributed by atoms with Crippen molar-refractivity contribution in [3.05, 3.63) is 42.1 Å². The number of rotatable bonds is 5. The fraction of sp³-hybridized carbons (Fsp3) is 0.474. The van der Waals surface area contributed by atoms with Crippen molar-refractivity contribution in [1.82, 2.24) is 29.0 Å². The molecule has 0 amide bonds. The highest BCUT2D eigenvalue weighted by molar-refractivity contribution is 7.09. The minimum atomic E-state index is 0.570. The number of pyridine rings is 1. The van der Waals surface area contributed by atoms with Gasteiger partial charge in [-0.25, -0.2) is 15.0 Å². The van der Waals surface area contributed by atoms with Crippen molar-refractivity contribution >= 4 is 28.3 Å². The van der Waals surface area contributed by atoms with E-state index in [1.807, 2.05) is 35.0 Å². The minimum absolute atomic E-state index is 0.570. The second-order valence-electron chi connectivity index (χ2n) is 6.69. The summed E-state index contributed by atoms with van der Waals surface area (Å²) in [6, 6.07) is 6.02. The van der Waals surface area contributed by atoms with Gasteiger partial charge < -0.3 is 19.5 Å². The lowest BCUT2D eigenvalue weighted by Crippen LogP contribution is -2.52. The molecular weight excluding hydrogens is 372 g/mol. The predicted octanol–water partition coefficient (Wildman–Crippen LogP) is 2.04. The molecule has 1 aliphatic rings. The molecule has 0 unspecified atom stereocenters. The van der Waals surface area contributed by atoms with Crippen LogP contribution < -0.4 is 10.2 Å². The molecule has 3 aromatic heterocycles. The van der Waals surface area contributed by atoms with Gasteiger partial charge in [-0.3, -0.25) is 0 Å². The number of aryl methyl sites for hydroxylation is 1. The lowest BCUT2D eigenvalue weighted by atomic mass is 10.3. The zero-order valence-electron chi connectivity index (χ0n) is 16.4. The van der Waals surface area contributed by atoms with Crippen LogP contribution in [0.1, 0.15) is 25.4 Å². The van der Waals surface area contributed by atoms with Crippen LogP contribution in [-0.4, -0.2) is 62.3 Å². The van der Waals surface area contributed by atoms with Crippen LogP contribution in [0.4, 0.5) is 5.13 Å². The summed E-state index contributed by atoms with van der Waals surface area (Å²) in [6.45, 7) is 9.29. The van der Waals surface area contributed by atoms with E-state index in [4.69, 9.17) is 4.99 Å². The highest BCUT2D eigenvalue weighted by atomic mass is 32.1. The Morgan fingerprint density at radius 2 is 2.04 bits per heavy atom. The number of nitrogens with one attached hydrogen (secondary N) is 1. The number of hydrogen-bond acceptors (Lipinski definition) is 6. The Morgan fingerprint density at radius 1 is 1.18 bits per heavy atom. The smallest absolute Gasteiger partial charge is 0.205 e. The molecule has 3 aromatic rings. The minimum Gasteiger partial charge on any atom is -0.357 e. The van der Waals surface area contributed by atoms with E-state index >= 15 is 0 Å². The van der Waals surface area contributed by atoms with E-state index in [2.05, 4.69) is 43.3 Å². The summed E-state index contributed by atoms with van der Waals surface area (Å²) in [7, 11) is 0. The molecule has 4 rings (SSSR count). The third-order valence-electron chi connectivity index (χ3n) is 4.76. The van der Waals surface area contributed by atoms with Crippen LogP contribution >= 0.6 is 11.5 Å². The van der Waals surface area contributed by atoms with Gasteiger partial charge in [0.2, 0.25) is 5.13 Å². The first kappa shape index (κ1) is 18.7. The Morgan fingerprint density at radius 3 is 2.75 bits per heavy atom. The maximum atomic E-state index is 4.83. The summed E-state index contributed by atoms with van der Waals surface area (Å²) in [5, 5.41) is 4.45. The zero-order chi connectivity index (χ0) is 19.3. The van der Waals surface area contributed by atoms with Gasteiger partial charge in [0, 0.05) is 63.1 Å². The molecule has 1 aliphatic heterocycles. The van der Waals surface area contributed by atoms with Gasteiger partial charge in [0.15, 0.2) is 5.96 Å². The van der Waals surface area contributed by atoms with Crippen molar-refractivity contribution in [3.63, 3.8) is 0 Å². The number of aliphatic imine (C=N–C) groups is 1. The van der Waals surface area contributed by atoms with Gasteiger partial charge in [-0.15, -0.1) is 0 Å². The van der Waals surface area contributed by atoms with Crippen molar-refractivity contribution in [1.29, 1.82) is 0 Å². The van der Waals surface area contributed by atoms with Crippen molar-refractivity contribution in [3.8, 4) is 0 Å². The first-order valence-electron chi connectivity index (χ1n) is 9.80. The molecule has 1 fully saturated rings. The van der Waals surface area contributed by atoms with Crippen molar-refractivity contribution in [2.45, 2.75) is 26.8 Å². The first-order valence-corrected chi connectivity index (χ1v) is 10.6. The molecule has 8 nitrogen and oxygen atoms in total. The third kappa shape index (κ3) is 4.09. The third-order valence-corrected chi connectivity index (χ3v) is 5.58. The lowest BCUT2D eigenvalue weighted by Gasteiger charge is -2.36. The van der Waals surface area contributed by atoms with E-state index in [0.717, 1.165) is 67.4 Å². The van der Waals surface area contributed by atoms with E-state index in [1.165, 1.54) is 11.5 Å². The lowest BCUT2D eigenvalue weighted by molar-refractivity contribution is 0.372. The molecule has 0 spiro atoms. The summed E-state index contributed by atoms with van der Waals surface area (Å²) in [5.74, 6) is 1.88. The average Bonchev–Trinajstić information content (AvgIpc) is 3.38. The Hall–Kier alpha value is -2.68. The highest BCUT2D eigenvalue weighted by Crippen LogP contribution is 2.19. The van der Waals surface area contributed by atoms with Crippen LogP contribution in [0.15, 0.2) is 35.6 Å². The maximum Gasteiger partial charge on any atom is 0.205 e. The standard InChI is InChI=1S/C19H26N8S/c1-3-16-23-19(28-24-16)26-11-9-25(10-12-26)18(20-4-2)21-13-15-14-27-8-6-5-7-17(27)22-15/h5-8,14H,3-4,9-13H2,1-2H3,(H,20,21). The number of anilines is 1. The molecule has 0 atom stereocenters. The first-order chi connectivity index (χ1) is 13.8. The second-order valence-corrected chi connectivity index (χ2v) is 7.42. The Bertz CT molecular complexity index is 905. The van der Waals surface area contributed by atoms with Crippen molar-refractivity contribution < 1.29 is 0 Å². The Labute approximate surface area is 169 Å². The molecule has 1 N–H and O–H groups in total. The normalized spacial score (nSPS) is 15.4. The Kier molecular flexibility index (Phi) is 5.70. The quantitative estimate of drug-likeness (QED) is 0.524. The van der Waals surface area contributed by atoms with Crippen LogP contribution in [0.5, 0.6) is 0 Å². The van der Waals surface area contributed by atoms with E-state index < -0.39 is 0 Å². The van der Waals surface area contributed by atoms with E-state index in [-0.39, 0.29) is 0 Å². The van der Waals surface area contributed by atoms with Gasteiger partial charge in [0.05, 0.1) is 12.2 Å². The number of imidazole rings is 1. The summed E-state index contributed by atoms with van der Waals surface area (Å²) < 4.78 is 6.44. The summed E-state index contributed by atoms with van der Waals surface area (Å²) >= 11 is 1.50. The van der Waals surface area contributed by atoms with Gasteiger partial charge in [0.1, 0.15) is 11.5 Å². The molecule has 9 heteroatoms. The Balaban J connectivity index is 1.40. The number of aromatic nitrogens is 4. The van der Waals surface area contributed by atoms with E-state index in [9.17, 15) is 0 Å². The van der Waals surface area contributed by atoms with Gasteiger partial charge in [-0.1, -0.05) is 13.0 Å². The second kappa shape index (κ2) is 8.55. The molecule has 28 heavy (non-hydrogen) atoms. The van der Waals surface area contributed by atoms with E-state index in [1.54, 1.807) is 0 Å². The summed E-state index contributed by atoms with van der Waals surface area (Å²) in [6.07, 6.45) is 4.94.